The smallest absolute Gasteiger partial charge is 0.0320 e. The molecule has 0 aliphatic rings. The van der Waals surface area contributed by atoms with Crippen LogP contribution >= 0.6 is 11.3 Å². The molecular formula is C13H19NS. The minimum absolute atomic E-state index is 0.229. The predicted octanol–water partition coefficient (Wildman–Crippen LogP) is 4.33. The fourth-order valence-corrected chi connectivity index (χ4v) is 2.88. The SMILES string of the molecule is C=N/C=C\c1sc(C(C)(C)C)c(C)c1C. The van der Waals surface area contributed by atoms with Gasteiger partial charge in [0.05, 0.1) is 0 Å². The van der Waals surface area contributed by atoms with E-state index in [1.165, 1.54) is 20.9 Å². The average Bonchev–Trinajstić information content (AvgIpc) is 2.41. The molecule has 0 radical (unpaired) electrons. The Hall–Kier alpha value is -0.890. The van der Waals surface area contributed by atoms with Gasteiger partial charge >= 0.3 is 0 Å². The summed E-state index contributed by atoms with van der Waals surface area (Å²) in [5.41, 5.74) is 3.01. The first-order chi connectivity index (χ1) is 6.88. The van der Waals surface area contributed by atoms with Crippen molar-refractivity contribution >= 4 is 24.1 Å². The van der Waals surface area contributed by atoms with Crippen LogP contribution in [0.2, 0.25) is 0 Å². The second kappa shape index (κ2) is 4.31. The number of hydrogen-bond acceptors (Lipinski definition) is 2. The molecule has 0 spiro atoms. The van der Waals surface area contributed by atoms with Gasteiger partial charge in [-0.1, -0.05) is 20.8 Å². The molecule has 0 saturated heterocycles. The van der Waals surface area contributed by atoms with E-state index in [0.717, 1.165) is 0 Å². The standard InChI is InChI=1S/C13H19NS/c1-9-10(2)12(13(3,4)5)15-11(9)7-8-14-6/h7-8H,6H2,1-5H3/b8-7-. The lowest BCUT2D eigenvalue weighted by molar-refractivity contribution is 0.600. The zero-order valence-corrected chi connectivity index (χ0v) is 11.0. The van der Waals surface area contributed by atoms with E-state index in [0.29, 0.717) is 0 Å². The van der Waals surface area contributed by atoms with Crippen LogP contribution in [0.25, 0.3) is 6.08 Å². The van der Waals surface area contributed by atoms with Crippen LogP contribution in [0, 0.1) is 13.8 Å². The highest BCUT2D eigenvalue weighted by Gasteiger charge is 2.21. The Morgan fingerprint density at radius 1 is 1.20 bits per heavy atom. The Kier molecular flexibility index (Phi) is 3.50. The van der Waals surface area contributed by atoms with Crippen molar-refractivity contribution in [2.75, 3.05) is 0 Å². The summed E-state index contributed by atoms with van der Waals surface area (Å²) in [5.74, 6) is 0. The molecule has 0 N–H and O–H groups in total. The molecule has 0 saturated carbocycles. The molecule has 0 aliphatic heterocycles. The van der Waals surface area contributed by atoms with Crippen LogP contribution in [-0.4, -0.2) is 6.72 Å². The minimum atomic E-state index is 0.229. The second-order valence-electron chi connectivity index (χ2n) is 4.79. The largest absolute Gasteiger partial charge is 0.272 e. The summed E-state index contributed by atoms with van der Waals surface area (Å²) in [6.45, 7) is 14.6. The van der Waals surface area contributed by atoms with Crippen LogP contribution in [0.4, 0.5) is 0 Å². The molecule has 1 aromatic rings. The van der Waals surface area contributed by atoms with Gasteiger partial charge < -0.3 is 0 Å². The molecule has 15 heavy (non-hydrogen) atoms. The highest BCUT2D eigenvalue weighted by atomic mass is 32.1. The topological polar surface area (TPSA) is 12.4 Å². The van der Waals surface area contributed by atoms with Crippen LogP contribution in [0.5, 0.6) is 0 Å². The molecular weight excluding hydrogens is 202 g/mol. The molecule has 1 aromatic heterocycles. The summed E-state index contributed by atoms with van der Waals surface area (Å²) < 4.78 is 0. The van der Waals surface area contributed by atoms with Crippen molar-refractivity contribution in [2.45, 2.75) is 40.0 Å². The number of rotatable bonds is 2. The fraction of sp³-hybridized carbons (Fsp3) is 0.462. The summed E-state index contributed by atoms with van der Waals surface area (Å²) in [7, 11) is 0. The first-order valence-corrected chi connectivity index (χ1v) is 5.92. The summed E-state index contributed by atoms with van der Waals surface area (Å²) in [6, 6.07) is 0. The third kappa shape index (κ3) is 2.57. The van der Waals surface area contributed by atoms with Gasteiger partial charge in [0, 0.05) is 16.0 Å². The molecule has 1 rings (SSSR count). The van der Waals surface area contributed by atoms with E-state index in [1.54, 1.807) is 6.20 Å². The molecule has 0 aromatic carbocycles. The van der Waals surface area contributed by atoms with Gasteiger partial charge in [-0.2, -0.15) is 0 Å². The predicted molar refractivity (Wildman–Crippen MR) is 71.1 cm³/mol. The maximum Gasteiger partial charge on any atom is 0.0320 e. The molecule has 0 amide bonds. The van der Waals surface area contributed by atoms with Crippen LogP contribution in [0.15, 0.2) is 11.2 Å². The van der Waals surface area contributed by atoms with Crippen molar-refractivity contribution in [3.63, 3.8) is 0 Å². The quantitative estimate of drug-likeness (QED) is 0.659. The molecule has 82 valence electrons. The second-order valence-corrected chi connectivity index (χ2v) is 5.85. The van der Waals surface area contributed by atoms with Gasteiger partial charge in [0.2, 0.25) is 0 Å². The molecule has 0 unspecified atom stereocenters. The highest BCUT2D eigenvalue weighted by molar-refractivity contribution is 7.13. The highest BCUT2D eigenvalue weighted by Crippen LogP contribution is 2.36. The molecule has 1 nitrogen and oxygen atoms in total. The minimum Gasteiger partial charge on any atom is -0.272 e. The number of hydrogen-bond donors (Lipinski definition) is 0. The van der Waals surface area contributed by atoms with Crippen LogP contribution in [0.3, 0.4) is 0 Å². The third-order valence-electron chi connectivity index (χ3n) is 2.50. The Morgan fingerprint density at radius 2 is 1.80 bits per heavy atom. The first kappa shape index (κ1) is 12.2. The number of nitrogens with zero attached hydrogens (tertiary/aromatic N) is 1. The van der Waals surface area contributed by atoms with E-state index in [-0.39, 0.29) is 5.41 Å². The fourth-order valence-electron chi connectivity index (χ4n) is 1.61. The summed E-state index contributed by atoms with van der Waals surface area (Å²) >= 11 is 1.86. The first-order valence-electron chi connectivity index (χ1n) is 5.10. The van der Waals surface area contributed by atoms with Crippen molar-refractivity contribution in [3.05, 3.63) is 27.1 Å². The van der Waals surface area contributed by atoms with Gasteiger partial charge in [-0.05, 0) is 43.2 Å². The van der Waals surface area contributed by atoms with Crippen molar-refractivity contribution in [1.29, 1.82) is 0 Å². The van der Waals surface area contributed by atoms with Crippen molar-refractivity contribution in [3.8, 4) is 0 Å². The van der Waals surface area contributed by atoms with E-state index >= 15 is 0 Å². The molecule has 1 heterocycles. The average molecular weight is 221 g/mol. The van der Waals surface area contributed by atoms with E-state index < -0.39 is 0 Å². The van der Waals surface area contributed by atoms with Crippen LogP contribution < -0.4 is 0 Å². The number of thiophene rings is 1. The molecule has 0 atom stereocenters. The Balaban J connectivity index is 3.24. The Labute approximate surface area is 96.6 Å². The van der Waals surface area contributed by atoms with E-state index in [1.807, 2.05) is 17.4 Å². The lowest BCUT2D eigenvalue weighted by Crippen LogP contribution is -2.10. The summed E-state index contributed by atoms with van der Waals surface area (Å²) in [5, 5.41) is 0. The summed E-state index contributed by atoms with van der Waals surface area (Å²) in [6.07, 6.45) is 3.79. The molecule has 0 bridgehead atoms. The van der Waals surface area contributed by atoms with E-state index in [9.17, 15) is 0 Å². The van der Waals surface area contributed by atoms with Gasteiger partial charge in [-0.25, -0.2) is 0 Å². The van der Waals surface area contributed by atoms with Crippen LogP contribution in [0.1, 0.15) is 41.7 Å². The van der Waals surface area contributed by atoms with Crippen molar-refractivity contribution in [1.82, 2.24) is 0 Å². The van der Waals surface area contributed by atoms with Gasteiger partial charge in [0.15, 0.2) is 0 Å². The maximum absolute atomic E-state index is 3.75. The van der Waals surface area contributed by atoms with Gasteiger partial charge in [-0.3, -0.25) is 4.99 Å². The molecule has 2 heteroatoms. The van der Waals surface area contributed by atoms with Gasteiger partial charge in [0.25, 0.3) is 0 Å². The van der Waals surface area contributed by atoms with Crippen molar-refractivity contribution in [2.24, 2.45) is 4.99 Å². The van der Waals surface area contributed by atoms with Crippen LogP contribution in [-0.2, 0) is 5.41 Å². The van der Waals surface area contributed by atoms with E-state index in [2.05, 4.69) is 46.3 Å². The maximum atomic E-state index is 3.75. The monoisotopic (exact) mass is 221 g/mol. The van der Waals surface area contributed by atoms with E-state index in [4.69, 9.17) is 0 Å². The van der Waals surface area contributed by atoms with Gasteiger partial charge in [0.1, 0.15) is 0 Å². The summed E-state index contributed by atoms with van der Waals surface area (Å²) in [4.78, 5) is 6.51. The lowest BCUT2D eigenvalue weighted by Gasteiger charge is -2.17. The molecule has 0 fully saturated rings. The lowest BCUT2D eigenvalue weighted by atomic mass is 9.91. The van der Waals surface area contributed by atoms with Gasteiger partial charge in [-0.15, -0.1) is 11.3 Å². The normalized spacial score (nSPS) is 12.3. The van der Waals surface area contributed by atoms with Crippen molar-refractivity contribution < 1.29 is 0 Å². The Morgan fingerprint density at radius 3 is 2.20 bits per heavy atom. The molecule has 0 aliphatic carbocycles. The zero-order chi connectivity index (χ0) is 11.6. The Bertz CT molecular complexity index is 391. The number of aliphatic imine (C=N–C) groups is 1. The third-order valence-corrected chi connectivity index (χ3v) is 4.28. The zero-order valence-electron chi connectivity index (χ0n) is 10.2.